The summed E-state index contributed by atoms with van der Waals surface area (Å²) in [5.41, 5.74) is -1.07. The van der Waals surface area contributed by atoms with E-state index in [0.29, 0.717) is 0 Å². The molecule has 0 aromatic heterocycles. The minimum absolute atomic E-state index is 0.119. The molecule has 0 unspecified atom stereocenters. The lowest BCUT2D eigenvalue weighted by molar-refractivity contribution is -0.490. The van der Waals surface area contributed by atoms with Gasteiger partial charge in [-0.3, -0.25) is 24.5 Å². The van der Waals surface area contributed by atoms with E-state index >= 15 is 0 Å². The summed E-state index contributed by atoms with van der Waals surface area (Å²) < 4.78 is 42.8. The number of nitrogens with one attached hydrogen (secondary N) is 1. The average Bonchev–Trinajstić information content (AvgIpc) is 2.86. The van der Waals surface area contributed by atoms with Gasteiger partial charge in [0.25, 0.3) is 5.91 Å². The first kappa shape index (κ1) is 22.3. The second kappa shape index (κ2) is 9.01. The topological polar surface area (TPSA) is 116 Å². The molecule has 0 spiro atoms. The van der Waals surface area contributed by atoms with Crippen molar-refractivity contribution in [3.63, 3.8) is 0 Å². The van der Waals surface area contributed by atoms with Crippen molar-refractivity contribution < 1.29 is 37.2 Å². The number of ether oxygens (including phenoxy) is 1. The Morgan fingerprint density at radius 3 is 2.66 bits per heavy atom. The fraction of sp³-hybridized carbons (Fsp3) is 0.500. The number of nitrogens with zero attached hydrogens (tertiary/aromatic N) is 1. The summed E-state index contributed by atoms with van der Waals surface area (Å²) in [4.78, 5) is 46.0. The van der Waals surface area contributed by atoms with Crippen LogP contribution in [-0.4, -0.2) is 35.7 Å². The number of carbonyl (C=O) groups excluding carboxylic acids is 3. The largest absolute Gasteiger partial charge is 0.456 e. The Hall–Kier alpha value is -2.98. The molecule has 1 aromatic rings. The number of hydrogen-bond acceptors (Lipinski definition) is 6. The molecular formula is C18H19F3N2O6. The number of halogens is 3. The fourth-order valence-corrected chi connectivity index (χ4v) is 3.35. The molecule has 11 heteroatoms. The third-order valence-corrected chi connectivity index (χ3v) is 4.77. The summed E-state index contributed by atoms with van der Waals surface area (Å²) in [6, 6.07) is 3.94. The lowest BCUT2D eigenvalue weighted by atomic mass is 9.88. The first-order valence-electron chi connectivity index (χ1n) is 8.74. The van der Waals surface area contributed by atoms with Gasteiger partial charge in [0.15, 0.2) is 6.61 Å². The zero-order chi connectivity index (χ0) is 21.8. The van der Waals surface area contributed by atoms with Crippen LogP contribution in [0, 0.1) is 27.9 Å². The molecule has 158 valence electrons. The van der Waals surface area contributed by atoms with Gasteiger partial charge in [0.2, 0.25) is 6.54 Å². The van der Waals surface area contributed by atoms with E-state index in [2.05, 4.69) is 5.32 Å². The summed E-state index contributed by atoms with van der Waals surface area (Å²) in [7, 11) is 0. The number of amides is 1. The molecule has 0 heterocycles. The van der Waals surface area contributed by atoms with Crippen LogP contribution in [0.15, 0.2) is 24.3 Å². The van der Waals surface area contributed by atoms with Gasteiger partial charge in [-0.1, -0.05) is 13.0 Å². The molecule has 1 fully saturated rings. The van der Waals surface area contributed by atoms with Crippen LogP contribution in [0.3, 0.4) is 0 Å². The number of rotatable bonds is 7. The number of carbonyl (C=O) groups is 3. The van der Waals surface area contributed by atoms with Crippen molar-refractivity contribution in [1.82, 2.24) is 0 Å². The van der Waals surface area contributed by atoms with Crippen molar-refractivity contribution in [1.29, 1.82) is 0 Å². The molecule has 1 aromatic carbocycles. The Morgan fingerprint density at radius 2 is 2.03 bits per heavy atom. The Balaban J connectivity index is 1.88. The van der Waals surface area contributed by atoms with E-state index in [9.17, 15) is 37.7 Å². The summed E-state index contributed by atoms with van der Waals surface area (Å²) in [5, 5.41) is 12.9. The van der Waals surface area contributed by atoms with Gasteiger partial charge < -0.3 is 10.1 Å². The Bertz CT molecular complexity index is 811. The van der Waals surface area contributed by atoms with Crippen LogP contribution in [0.4, 0.5) is 18.9 Å². The first-order chi connectivity index (χ1) is 13.5. The number of alkyl halides is 3. The summed E-state index contributed by atoms with van der Waals surface area (Å²) in [6.07, 6.45) is -4.83. The smallest absolute Gasteiger partial charge is 0.416 e. The van der Waals surface area contributed by atoms with E-state index in [1.807, 2.05) is 0 Å². The number of esters is 1. The van der Waals surface area contributed by atoms with Crippen LogP contribution in [-0.2, 0) is 25.3 Å². The van der Waals surface area contributed by atoms with Crippen molar-refractivity contribution in [3.8, 4) is 0 Å². The van der Waals surface area contributed by atoms with Gasteiger partial charge in [-0.15, -0.1) is 0 Å². The molecule has 0 saturated heterocycles. The highest BCUT2D eigenvalue weighted by Crippen LogP contribution is 2.36. The molecule has 0 aliphatic heterocycles. The van der Waals surface area contributed by atoms with Crippen LogP contribution in [0.1, 0.15) is 25.3 Å². The van der Waals surface area contributed by atoms with Gasteiger partial charge in [0.05, 0.1) is 12.0 Å². The third kappa shape index (κ3) is 6.26. The second-order valence-electron chi connectivity index (χ2n) is 6.92. The summed E-state index contributed by atoms with van der Waals surface area (Å²) >= 11 is 0. The molecule has 8 nitrogen and oxygen atoms in total. The minimum Gasteiger partial charge on any atom is -0.456 e. The molecule has 0 radical (unpaired) electrons. The summed E-state index contributed by atoms with van der Waals surface area (Å²) in [6.45, 7) is 0.492. The monoisotopic (exact) mass is 416 g/mol. The molecule has 1 saturated carbocycles. The van der Waals surface area contributed by atoms with E-state index in [-0.39, 0.29) is 23.8 Å². The number of anilines is 1. The van der Waals surface area contributed by atoms with Gasteiger partial charge in [0, 0.05) is 28.9 Å². The molecule has 1 N–H and O–H groups in total. The molecular weight excluding hydrogens is 397 g/mol. The highest BCUT2D eigenvalue weighted by atomic mass is 19.4. The third-order valence-electron chi connectivity index (χ3n) is 4.77. The normalized spacial score (nSPS) is 21.7. The number of Topliss-reactive ketones (excluding diaryl/α,β-unsaturated/α-hetero) is 1. The van der Waals surface area contributed by atoms with E-state index in [0.717, 1.165) is 18.2 Å². The molecule has 0 bridgehead atoms. The van der Waals surface area contributed by atoms with E-state index in [1.165, 1.54) is 6.07 Å². The standard InChI is InChI=1S/C18H19F3N2O6/c1-10-5-15(24)13(14(10)8-23(27)28)7-17(26)29-9-16(25)22-12-4-2-3-11(6-12)18(19,20)21/h2-4,6,10,13-14H,5,7-9H2,1H3,(H,22,25)/t10-,13+,14+/m0/s1. The first-order valence-corrected chi connectivity index (χ1v) is 8.74. The van der Waals surface area contributed by atoms with Gasteiger partial charge in [0.1, 0.15) is 5.78 Å². The molecule has 3 atom stereocenters. The number of benzene rings is 1. The molecule has 1 aliphatic carbocycles. The van der Waals surface area contributed by atoms with Crippen LogP contribution in [0.5, 0.6) is 0 Å². The number of hydrogen-bond donors (Lipinski definition) is 1. The second-order valence-corrected chi connectivity index (χ2v) is 6.92. The van der Waals surface area contributed by atoms with Gasteiger partial charge in [-0.2, -0.15) is 13.2 Å². The van der Waals surface area contributed by atoms with Crippen molar-refractivity contribution in [2.24, 2.45) is 17.8 Å². The van der Waals surface area contributed by atoms with Gasteiger partial charge >= 0.3 is 12.1 Å². The highest BCUT2D eigenvalue weighted by molar-refractivity contribution is 5.93. The zero-order valence-electron chi connectivity index (χ0n) is 15.4. The summed E-state index contributed by atoms with van der Waals surface area (Å²) in [5.74, 6) is -3.70. The predicted molar refractivity (Wildman–Crippen MR) is 93.3 cm³/mol. The van der Waals surface area contributed by atoms with Gasteiger partial charge in [-0.25, -0.2) is 0 Å². The van der Waals surface area contributed by atoms with Crippen LogP contribution in [0.25, 0.3) is 0 Å². The Morgan fingerprint density at radius 1 is 1.34 bits per heavy atom. The maximum Gasteiger partial charge on any atom is 0.416 e. The average molecular weight is 416 g/mol. The van der Waals surface area contributed by atoms with E-state index in [4.69, 9.17) is 4.74 Å². The molecule has 1 aliphatic rings. The van der Waals surface area contributed by atoms with Crippen molar-refractivity contribution >= 4 is 23.3 Å². The van der Waals surface area contributed by atoms with Crippen molar-refractivity contribution in [3.05, 3.63) is 39.9 Å². The van der Waals surface area contributed by atoms with Crippen molar-refractivity contribution in [2.45, 2.75) is 25.9 Å². The number of nitro groups is 1. The van der Waals surface area contributed by atoms with Crippen LogP contribution >= 0.6 is 0 Å². The van der Waals surface area contributed by atoms with Crippen LogP contribution < -0.4 is 5.32 Å². The molecule has 29 heavy (non-hydrogen) atoms. The lowest BCUT2D eigenvalue weighted by Gasteiger charge is -2.17. The fourth-order valence-electron chi connectivity index (χ4n) is 3.35. The van der Waals surface area contributed by atoms with E-state index in [1.54, 1.807) is 6.92 Å². The predicted octanol–water partition coefficient (Wildman–Crippen LogP) is 2.70. The highest BCUT2D eigenvalue weighted by Gasteiger charge is 2.44. The molecule has 2 rings (SSSR count). The quantitative estimate of drug-likeness (QED) is 0.415. The minimum atomic E-state index is -4.57. The molecule has 1 amide bonds. The maximum atomic E-state index is 12.7. The Kier molecular flexibility index (Phi) is 6.93. The maximum absolute atomic E-state index is 12.7. The zero-order valence-corrected chi connectivity index (χ0v) is 15.4. The van der Waals surface area contributed by atoms with Crippen molar-refractivity contribution in [2.75, 3.05) is 18.5 Å². The van der Waals surface area contributed by atoms with Gasteiger partial charge in [-0.05, 0) is 24.1 Å². The lowest BCUT2D eigenvalue weighted by Crippen LogP contribution is -2.28. The van der Waals surface area contributed by atoms with Crippen LogP contribution in [0.2, 0.25) is 0 Å². The SMILES string of the molecule is C[C@H]1CC(=O)[C@H](CC(=O)OCC(=O)Nc2cccc(C(F)(F)F)c2)[C@@H]1C[N+](=O)[O-]. The Labute approximate surface area is 163 Å². The van der Waals surface area contributed by atoms with E-state index < -0.39 is 59.9 Å². The number of ketones is 1.